The molecule has 1 aliphatic rings. The molecule has 0 bridgehead atoms. The molecule has 4 nitrogen and oxygen atoms in total. The Morgan fingerprint density at radius 1 is 1.45 bits per heavy atom. The average molecular weight is 284 g/mol. The Morgan fingerprint density at radius 3 is 2.85 bits per heavy atom. The lowest BCUT2D eigenvalue weighted by atomic mass is 10.1. The SMILES string of the molecule is N#Cc1ccc(N2CCCC(NCC(F)(F)F)C2)nc1. The molecule has 1 aromatic rings. The average Bonchev–Trinajstić information content (AvgIpc) is 2.45. The molecule has 0 saturated carbocycles. The summed E-state index contributed by atoms with van der Waals surface area (Å²) in [6.45, 7) is 0.296. The lowest BCUT2D eigenvalue weighted by Crippen LogP contribution is -2.48. The zero-order valence-electron chi connectivity index (χ0n) is 10.8. The highest BCUT2D eigenvalue weighted by molar-refractivity contribution is 5.42. The second kappa shape index (κ2) is 6.09. The number of halogens is 3. The molecule has 2 rings (SSSR count). The lowest BCUT2D eigenvalue weighted by molar-refractivity contribution is -0.126. The first-order chi connectivity index (χ1) is 9.48. The molecule has 7 heteroatoms. The molecular formula is C13H15F3N4. The van der Waals surface area contributed by atoms with Crippen LogP contribution in [0.5, 0.6) is 0 Å². The Balaban J connectivity index is 1.94. The van der Waals surface area contributed by atoms with Gasteiger partial charge in [-0.3, -0.25) is 0 Å². The fourth-order valence-electron chi connectivity index (χ4n) is 2.25. The van der Waals surface area contributed by atoms with E-state index in [1.165, 1.54) is 6.20 Å². The Labute approximate surface area is 115 Å². The first-order valence-electron chi connectivity index (χ1n) is 6.39. The number of pyridine rings is 1. The molecule has 1 saturated heterocycles. The Bertz CT molecular complexity index is 478. The zero-order valence-corrected chi connectivity index (χ0v) is 10.8. The molecule has 1 unspecified atom stereocenters. The quantitative estimate of drug-likeness (QED) is 0.923. The molecule has 0 radical (unpaired) electrons. The summed E-state index contributed by atoms with van der Waals surface area (Å²) in [6, 6.07) is 5.18. The van der Waals surface area contributed by atoms with Gasteiger partial charge in [0.1, 0.15) is 11.9 Å². The summed E-state index contributed by atoms with van der Waals surface area (Å²) in [4.78, 5) is 6.11. The van der Waals surface area contributed by atoms with Crippen LogP contribution in [0.2, 0.25) is 0 Å². The summed E-state index contributed by atoms with van der Waals surface area (Å²) >= 11 is 0. The van der Waals surface area contributed by atoms with Gasteiger partial charge in [0.25, 0.3) is 0 Å². The summed E-state index contributed by atoms with van der Waals surface area (Å²) in [5.74, 6) is 0.697. The maximum Gasteiger partial charge on any atom is 0.401 e. The van der Waals surface area contributed by atoms with E-state index in [1.54, 1.807) is 12.1 Å². The molecule has 1 atom stereocenters. The Kier molecular flexibility index (Phi) is 4.45. The van der Waals surface area contributed by atoms with E-state index in [9.17, 15) is 13.2 Å². The number of rotatable bonds is 3. The first-order valence-corrected chi connectivity index (χ1v) is 6.39. The van der Waals surface area contributed by atoms with Gasteiger partial charge >= 0.3 is 6.18 Å². The summed E-state index contributed by atoms with van der Waals surface area (Å²) < 4.78 is 36.6. The van der Waals surface area contributed by atoms with Gasteiger partial charge in [-0.15, -0.1) is 0 Å². The molecule has 1 fully saturated rings. The molecule has 0 amide bonds. The number of nitriles is 1. The van der Waals surface area contributed by atoms with Crippen molar-refractivity contribution in [2.24, 2.45) is 0 Å². The van der Waals surface area contributed by atoms with Crippen LogP contribution in [0.15, 0.2) is 18.3 Å². The van der Waals surface area contributed by atoms with Crippen LogP contribution in [0.25, 0.3) is 0 Å². The molecule has 0 aromatic carbocycles. The number of alkyl halides is 3. The van der Waals surface area contributed by atoms with E-state index >= 15 is 0 Å². The highest BCUT2D eigenvalue weighted by atomic mass is 19.4. The van der Waals surface area contributed by atoms with Crippen molar-refractivity contribution in [3.8, 4) is 6.07 Å². The van der Waals surface area contributed by atoms with Gasteiger partial charge in [0, 0.05) is 25.3 Å². The summed E-state index contributed by atoms with van der Waals surface area (Å²) in [5.41, 5.74) is 0.470. The van der Waals surface area contributed by atoms with Gasteiger partial charge in [0.15, 0.2) is 0 Å². The molecule has 1 N–H and O–H groups in total. The van der Waals surface area contributed by atoms with Crippen LogP contribution in [0.3, 0.4) is 0 Å². The van der Waals surface area contributed by atoms with E-state index in [-0.39, 0.29) is 6.04 Å². The number of nitrogens with zero attached hydrogens (tertiary/aromatic N) is 3. The van der Waals surface area contributed by atoms with Crippen molar-refractivity contribution >= 4 is 5.82 Å². The number of hydrogen-bond donors (Lipinski definition) is 1. The van der Waals surface area contributed by atoms with Crippen LogP contribution in [-0.2, 0) is 0 Å². The molecule has 0 spiro atoms. The smallest absolute Gasteiger partial charge is 0.355 e. The third kappa shape index (κ3) is 4.10. The van der Waals surface area contributed by atoms with E-state index in [2.05, 4.69) is 10.3 Å². The number of aromatic nitrogens is 1. The van der Waals surface area contributed by atoms with Crippen molar-refractivity contribution < 1.29 is 13.2 Å². The van der Waals surface area contributed by atoms with Crippen molar-refractivity contribution in [2.45, 2.75) is 25.1 Å². The van der Waals surface area contributed by atoms with Crippen molar-refractivity contribution in [1.29, 1.82) is 5.26 Å². The zero-order chi connectivity index (χ0) is 14.6. The maximum atomic E-state index is 12.2. The minimum atomic E-state index is -4.19. The summed E-state index contributed by atoms with van der Waals surface area (Å²) in [7, 11) is 0. The van der Waals surface area contributed by atoms with Crippen LogP contribution < -0.4 is 10.2 Å². The third-order valence-corrected chi connectivity index (χ3v) is 3.21. The van der Waals surface area contributed by atoms with Crippen LogP contribution in [0.4, 0.5) is 19.0 Å². The molecule has 1 aliphatic heterocycles. The van der Waals surface area contributed by atoms with E-state index in [4.69, 9.17) is 5.26 Å². The van der Waals surface area contributed by atoms with Gasteiger partial charge in [-0.25, -0.2) is 4.98 Å². The van der Waals surface area contributed by atoms with Crippen LogP contribution in [-0.4, -0.2) is 36.8 Å². The predicted molar refractivity (Wildman–Crippen MR) is 68.2 cm³/mol. The number of anilines is 1. The molecule has 20 heavy (non-hydrogen) atoms. The van der Waals surface area contributed by atoms with Crippen molar-refractivity contribution in [3.05, 3.63) is 23.9 Å². The van der Waals surface area contributed by atoms with Crippen molar-refractivity contribution in [1.82, 2.24) is 10.3 Å². The highest BCUT2D eigenvalue weighted by Gasteiger charge is 2.29. The molecule has 1 aromatic heterocycles. The third-order valence-electron chi connectivity index (χ3n) is 3.21. The highest BCUT2D eigenvalue weighted by Crippen LogP contribution is 2.19. The molecule has 2 heterocycles. The number of nitrogens with one attached hydrogen (secondary N) is 1. The Morgan fingerprint density at radius 2 is 2.25 bits per heavy atom. The standard InChI is InChI=1S/C13H15F3N4/c14-13(15,16)9-19-11-2-1-5-20(8-11)12-4-3-10(6-17)7-18-12/h3-4,7,11,19H,1-2,5,8-9H2. The van der Waals surface area contributed by atoms with Gasteiger partial charge < -0.3 is 10.2 Å². The van der Waals surface area contributed by atoms with Crippen LogP contribution >= 0.6 is 0 Å². The summed E-state index contributed by atoms with van der Waals surface area (Å²) in [6.07, 6.45) is -1.17. The second-order valence-corrected chi connectivity index (χ2v) is 4.80. The van der Waals surface area contributed by atoms with E-state index in [1.807, 2.05) is 11.0 Å². The summed E-state index contributed by atoms with van der Waals surface area (Å²) in [5, 5.41) is 11.2. The van der Waals surface area contributed by atoms with Gasteiger partial charge in [0.05, 0.1) is 12.1 Å². The minimum Gasteiger partial charge on any atom is -0.355 e. The predicted octanol–water partition coefficient (Wildman–Crippen LogP) is 2.07. The van der Waals surface area contributed by atoms with Gasteiger partial charge in [-0.05, 0) is 25.0 Å². The first kappa shape index (κ1) is 14.6. The van der Waals surface area contributed by atoms with Crippen LogP contribution in [0.1, 0.15) is 18.4 Å². The van der Waals surface area contributed by atoms with E-state index < -0.39 is 12.7 Å². The minimum absolute atomic E-state index is 0.192. The van der Waals surface area contributed by atoms with Crippen molar-refractivity contribution in [2.75, 3.05) is 24.5 Å². The topological polar surface area (TPSA) is 52.0 Å². The van der Waals surface area contributed by atoms with Crippen LogP contribution in [0, 0.1) is 11.3 Å². The largest absolute Gasteiger partial charge is 0.401 e. The number of hydrogen-bond acceptors (Lipinski definition) is 4. The normalized spacial score (nSPS) is 19.7. The van der Waals surface area contributed by atoms with Crippen molar-refractivity contribution in [3.63, 3.8) is 0 Å². The van der Waals surface area contributed by atoms with E-state index in [0.717, 1.165) is 19.4 Å². The maximum absolute atomic E-state index is 12.2. The second-order valence-electron chi connectivity index (χ2n) is 4.80. The fourth-order valence-corrected chi connectivity index (χ4v) is 2.25. The van der Waals surface area contributed by atoms with Gasteiger partial charge in [0.2, 0.25) is 0 Å². The van der Waals surface area contributed by atoms with Gasteiger partial charge in [-0.2, -0.15) is 18.4 Å². The van der Waals surface area contributed by atoms with Gasteiger partial charge in [-0.1, -0.05) is 0 Å². The Hall–Kier alpha value is -1.81. The molecular weight excluding hydrogens is 269 g/mol. The molecule has 0 aliphatic carbocycles. The monoisotopic (exact) mass is 284 g/mol. The van der Waals surface area contributed by atoms with E-state index in [0.29, 0.717) is 17.9 Å². The lowest BCUT2D eigenvalue weighted by Gasteiger charge is -2.34. The fraction of sp³-hybridized carbons (Fsp3) is 0.538. The number of piperidine rings is 1. The molecule has 108 valence electrons.